The number of benzene rings is 1. The Bertz CT molecular complexity index is 742. The van der Waals surface area contributed by atoms with Crippen LogP contribution in [0.5, 0.6) is 0 Å². The number of nitrogens with one attached hydrogen (secondary N) is 1. The second-order valence-electron chi connectivity index (χ2n) is 4.06. The van der Waals surface area contributed by atoms with Crippen LogP contribution in [0.4, 0.5) is 17.2 Å². The standard InChI is InChI=1S/C14H11ClN4/c15-10-5-6-12(13-9(10)3-1-7-17-13)19-14-11(16)4-2-8-18-14/h1-8H,16H2,(H,18,19). The summed E-state index contributed by atoms with van der Waals surface area (Å²) in [4.78, 5) is 8.56. The number of fused-ring (bicyclic) bond motifs is 1. The van der Waals surface area contributed by atoms with E-state index in [0.717, 1.165) is 16.6 Å². The van der Waals surface area contributed by atoms with Crippen LogP contribution in [-0.2, 0) is 0 Å². The van der Waals surface area contributed by atoms with Gasteiger partial charge in [0.1, 0.15) is 0 Å². The van der Waals surface area contributed by atoms with Crippen molar-refractivity contribution in [1.82, 2.24) is 9.97 Å². The topological polar surface area (TPSA) is 63.8 Å². The molecule has 94 valence electrons. The molecule has 0 bridgehead atoms. The molecule has 19 heavy (non-hydrogen) atoms. The molecule has 5 heteroatoms. The molecule has 0 unspecified atom stereocenters. The summed E-state index contributed by atoms with van der Waals surface area (Å²) in [5.74, 6) is 0.608. The van der Waals surface area contributed by atoms with Gasteiger partial charge in [-0.25, -0.2) is 4.98 Å². The average Bonchev–Trinajstić information content (AvgIpc) is 2.44. The van der Waals surface area contributed by atoms with Crippen molar-refractivity contribution in [3.63, 3.8) is 0 Å². The third-order valence-electron chi connectivity index (χ3n) is 2.81. The highest BCUT2D eigenvalue weighted by Crippen LogP contribution is 2.30. The van der Waals surface area contributed by atoms with Crippen molar-refractivity contribution in [3.05, 3.63) is 53.8 Å². The van der Waals surface area contributed by atoms with Crippen LogP contribution in [0.3, 0.4) is 0 Å². The molecule has 0 aliphatic carbocycles. The molecular weight excluding hydrogens is 260 g/mol. The Hall–Kier alpha value is -2.33. The zero-order valence-electron chi connectivity index (χ0n) is 9.97. The van der Waals surface area contributed by atoms with E-state index in [2.05, 4.69) is 15.3 Å². The first kappa shape index (κ1) is 11.7. The van der Waals surface area contributed by atoms with Crippen molar-refractivity contribution in [2.45, 2.75) is 0 Å². The van der Waals surface area contributed by atoms with E-state index in [1.165, 1.54) is 0 Å². The SMILES string of the molecule is Nc1cccnc1Nc1ccc(Cl)c2cccnc12. The summed E-state index contributed by atoms with van der Waals surface area (Å²) in [7, 11) is 0. The fourth-order valence-corrected chi connectivity index (χ4v) is 2.10. The molecule has 2 aromatic heterocycles. The number of aromatic nitrogens is 2. The number of nitrogen functional groups attached to an aromatic ring is 1. The number of hydrogen-bond acceptors (Lipinski definition) is 4. The van der Waals surface area contributed by atoms with E-state index in [-0.39, 0.29) is 0 Å². The lowest BCUT2D eigenvalue weighted by atomic mass is 10.2. The van der Waals surface area contributed by atoms with Gasteiger partial charge in [0.15, 0.2) is 5.82 Å². The average molecular weight is 271 g/mol. The monoisotopic (exact) mass is 270 g/mol. The minimum atomic E-state index is 0.585. The number of nitrogens with zero attached hydrogens (tertiary/aromatic N) is 2. The molecule has 4 nitrogen and oxygen atoms in total. The van der Waals surface area contributed by atoms with Crippen LogP contribution in [0.15, 0.2) is 48.8 Å². The first-order chi connectivity index (χ1) is 9.25. The molecule has 1 aromatic carbocycles. The van der Waals surface area contributed by atoms with E-state index in [1.54, 1.807) is 24.5 Å². The summed E-state index contributed by atoms with van der Waals surface area (Å²) >= 11 is 6.16. The molecule has 3 N–H and O–H groups in total. The molecule has 0 radical (unpaired) electrons. The minimum absolute atomic E-state index is 0.585. The largest absolute Gasteiger partial charge is 0.396 e. The lowest BCUT2D eigenvalue weighted by Gasteiger charge is -2.10. The highest BCUT2D eigenvalue weighted by molar-refractivity contribution is 6.35. The number of nitrogens with two attached hydrogens (primary N) is 1. The Morgan fingerprint density at radius 3 is 2.63 bits per heavy atom. The first-order valence-electron chi connectivity index (χ1n) is 5.76. The maximum Gasteiger partial charge on any atom is 0.153 e. The van der Waals surface area contributed by atoms with E-state index in [0.29, 0.717) is 16.5 Å². The molecule has 0 aliphatic heterocycles. The minimum Gasteiger partial charge on any atom is -0.396 e. The maximum absolute atomic E-state index is 6.16. The van der Waals surface area contributed by atoms with Gasteiger partial charge in [0.05, 0.1) is 21.9 Å². The molecule has 2 heterocycles. The van der Waals surface area contributed by atoms with Crippen molar-refractivity contribution in [2.24, 2.45) is 0 Å². The Labute approximate surface area is 115 Å². The van der Waals surface area contributed by atoms with Gasteiger partial charge in [-0.3, -0.25) is 4.98 Å². The second-order valence-corrected chi connectivity index (χ2v) is 4.47. The molecule has 0 atom stereocenters. The zero-order chi connectivity index (χ0) is 13.2. The first-order valence-corrected chi connectivity index (χ1v) is 6.14. The van der Waals surface area contributed by atoms with E-state index in [1.807, 2.05) is 24.3 Å². The fraction of sp³-hybridized carbons (Fsp3) is 0. The van der Waals surface area contributed by atoms with Crippen molar-refractivity contribution in [1.29, 1.82) is 0 Å². The van der Waals surface area contributed by atoms with Gasteiger partial charge in [0, 0.05) is 17.8 Å². The molecular formula is C14H11ClN4. The smallest absolute Gasteiger partial charge is 0.153 e. The second kappa shape index (κ2) is 4.74. The van der Waals surface area contributed by atoms with E-state index in [4.69, 9.17) is 17.3 Å². The van der Waals surface area contributed by atoms with Crippen molar-refractivity contribution < 1.29 is 0 Å². The third kappa shape index (κ3) is 2.18. The molecule has 3 aromatic rings. The van der Waals surface area contributed by atoms with Crippen LogP contribution in [0, 0.1) is 0 Å². The highest BCUT2D eigenvalue weighted by Gasteiger charge is 2.07. The van der Waals surface area contributed by atoms with Crippen LogP contribution >= 0.6 is 11.6 Å². The Morgan fingerprint density at radius 2 is 1.79 bits per heavy atom. The molecule has 3 rings (SSSR count). The van der Waals surface area contributed by atoms with E-state index < -0.39 is 0 Å². The molecule has 0 aliphatic rings. The van der Waals surface area contributed by atoms with Crippen molar-refractivity contribution in [2.75, 3.05) is 11.1 Å². The number of rotatable bonds is 2. The van der Waals surface area contributed by atoms with Gasteiger partial charge in [0.2, 0.25) is 0 Å². The molecule has 0 amide bonds. The van der Waals surface area contributed by atoms with Gasteiger partial charge >= 0.3 is 0 Å². The van der Waals surface area contributed by atoms with Crippen LogP contribution in [0.2, 0.25) is 5.02 Å². The third-order valence-corrected chi connectivity index (χ3v) is 3.14. The van der Waals surface area contributed by atoms with E-state index >= 15 is 0 Å². The van der Waals surface area contributed by atoms with Gasteiger partial charge in [0.25, 0.3) is 0 Å². The lowest BCUT2D eigenvalue weighted by molar-refractivity contribution is 1.31. The number of anilines is 3. The molecule has 0 fully saturated rings. The van der Waals surface area contributed by atoms with Gasteiger partial charge in [-0.2, -0.15) is 0 Å². The van der Waals surface area contributed by atoms with Crippen LogP contribution in [0.1, 0.15) is 0 Å². The lowest BCUT2D eigenvalue weighted by Crippen LogP contribution is -1.99. The number of halogens is 1. The molecule has 0 saturated heterocycles. The summed E-state index contributed by atoms with van der Waals surface area (Å²) in [5.41, 5.74) is 8.07. The van der Waals surface area contributed by atoms with Crippen LogP contribution in [0.25, 0.3) is 10.9 Å². The van der Waals surface area contributed by atoms with Gasteiger partial charge < -0.3 is 11.1 Å². The summed E-state index contributed by atoms with van der Waals surface area (Å²) in [6.07, 6.45) is 3.41. The summed E-state index contributed by atoms with van der Waals surface area (Å²) in [5, 5.41) is 4.75. The predicted molar refractivity (Wildman–Crippen MR) is 78.7 cm³/mol. The summed E-state index contributed by atoms with van der Waals surface area (Å²) in [6, 6.07) is 11.1. The zero-order valence-corrected chi connectivity index (χ0v) is 10.7. The molecule has 0 saturated carbocycles. The van der Waals surface area contributed by atoms with E-state index in [9.17, 15) is 0 Å². The molecule has 0 spiro atoms. The predicted octanol–water partition coefficient (Wildman–Crippen LogP) is 3.61. The van der Waals surface area contributed by atoms with Crippen LogP contribution in [-0.4, -0.2) is 9.97 Å². The Morgan fingerprint density at radius 1 is 1.00 bits per heavy atom. The Kier molecular flexibility index (Phi) is 2.93. The van der Waals surface area contributed by atoms with Crippen molar-refractivity contribution >= 4 is 39.7 Å². The normalized spacial score (nSPS) is 10.6. The highest BCUT2D eigenvalue weighted by atomic mass is 35.5. The van der Waals surface area contributed by atoms with Gasteiger partial charge in [-0.1, -0.05) is 11.6 Å². The number of hydrogen-bond donors (Lipinski definition) is 2. The van der Waals surface area contributed by atoms with Crippen LogP contribution < -0.4 is 11.1 Å². The quantitative estimate of drug-likeness (QED) is 0.747. The number of pyridine rings is 2. The maximum atomic E-state index is 6.16. The van der Waals surface area contributed by atoms with Gasteiger partial charge in [-0.05, 0) is 36.4 Å². The van der Waals surface area contributed by atoms with Gasteiger partial charge in [-0.15, -0.1) is 0 Å². The fourth-order valence-electron chi connectivity index (χ4n) is 1.89. The van der Waals surface area contributed by atoms with Crippen molar-refractivity contribution in [3.8, 4) is 0 Å². The Balaban J connectivity index is 2.12. The summed E-state index contributed by atoms with van der Waals surface area (Å²) < 4.78 is 0. The summed E-state index contributed by atoms with van der Waals surface area (Å²) in [6.45, 7) is 0.